The zero-order valence-electron chi connectivity index (χ0n) is 23.1. The molecule has 1 amide bonds. The van der Waals surface area contributed by atoms with E-state index in [4.69, 9.17) is 15.5 Å². The number of fused-ring (bicyclic) bond motifs is 4. The van der Waals surface area contributed by atoms with Gasteiger partial charge in [0, 0.05) is 18.8 Å². The summed E-state index contributed by atoms with van der Waals surface area (Å²) in [5, 5.41) is 7.62. The topological polar surface area (TPSA) is 94.5 Å². The number of amides is 1. The predicted molar refractivity (Wildman–Crippen MR) is 158 cm³/mol. The number of benzene rings is 2. The van der Waals surface area contributed by atoms with E-state index in [1.807, 2.05) is 30.3 Å². The van der Waals surface area contributed by atoms with Crippen LogP contribution in [0.2, 0.25) is 0 Å². The summed E-state index contributed by atoms with van der Waals surface area (Å²) in [5.74, 6) is -2.33. The first-order valence-electron chi connectivity index (χ1n) is 14.5. The molecule has 0 saturated heterocycles. The molecule has 0 bridgehead atoms. The minimum absolute atomic E-state index is 0. The van der Waals surface area contributed by atoms with Gasteiger partial charge in [0.05, 0.1) is 30.2 Å². The van der Waals surface area contributed by atoms with Gasteiger partial charge in [-0.1, -0.05) is 48.5 Å². The van der Waals surface area contributed by atoms with Crippen molar-refractivity contribution in [3.05, 3.63) is 89.4 Å². The standard InChI is InChI=1S/C32H33F2N5O2.ClH/c33-32(34)13-11-19(12-14-32)29(35)27-17-39-28(37-27)15-21(16-36-39)30(20-9-10-20)38-31(40)41-18-26-24-7-3-1-5-22(24)23-6-2-4-8-25(23)26;/h1-8,15-17,19-20,26,29-30H,9-14,18,35H2,(H,38,40);1H/t29-,30+;/m0./s1. The molecule has 2 aromatic carbocycles. The summed E-state index contributed by atoms with van der Waals surface area (Å²) >= 11 is 0. The quantitative estimate of drug-likeness (QED) is 0.241. The van der Waals surface area contributed by atoms with Crippen LogP contribution in [0.5, 0.6) is 0 Å². The Balaban J connectivity index is 0.00000316. The van der Waals surface area contributed by atoms with E-state index >= 15 is 0 Å². The van der Waals surface area contributed by atoms with Crippen molar-refractivity contribution in [2.45, 2.75) is 62.4 Å². The molecule has 0 spiro atoms. The third-order valence-electron chi connectivity index (χ3n) is 9.04. The Morgan fingerprint density at radius 1 is 1.02 bits per heavy atom. The van der Waals surface area contributed by atoms with Crippen LogP contribution in [0.25, 0.3) is 16.8 Å². The summed E-state index contributed by atoms with van der Waals surface area (Å²) < 4.78 is 34.7. The molecule has 2 atom stereocenters. The molecule has 3 N–H and O–H groups in total. The number of alkyl halides is 2. The van der Waals surface area contributed by atoms with Crippen LogP contribution in [0.4, 0.5) is 13.6 Å². The molecule has 7 nitrogen and oxygen atoms in total. The van der Waals surface area contributed by atoms with E-state index in [0.29, 0.717) is 30.1 Å². The maximum Gasteiger partial charge on any atom is 0.407 e. The Kier molecular flexibility index (Phi) is 7.66. The van der Waals surface area contributed by atoms with Gasteiger partial charge < -0.3 is 15.8 Å². The summed E-state index contributed by atoms with van der Waals surface area (Å²) in [6.07, 6.45) is 5.59. The number of carbonyl (C=O) groups is 1. The SMILES string of the molecule is Cl.N[C@H](c1cn2ncc([C@H](NC(=O)OCC3c4ccccc4-c4ccccc43)C3CC3)cc2n1)C1CCC(F)(F)CC1. The van der Waals surface area contributed by atoms with Crippen molar-refractivity contribution >= 4 is 24.1 Å². The number of hydrogen-bond acceptors (Lipinski definition) is 5. The molecule has 2 aromatic heterocycles. The number of imidazole rings is 1. The summed E-state index contributed by atoms with van der Waals surface area (Å²) in [6.45, 7) is 0.253. The molecule has 7 rings (SSSR count). The van der Waals surface area contributed by atoms with Gasteiger partial charge in [0.1, 0.15) is 6.61 Å². The second-order valence-corrected chi connectivity index (χ2v) is 11.8. The number of nitrogens with zero attached hydrogens (tertiary/aromatic N) is 3. The Hall–Kier alpha value is -3.56. The number of nitrogens with two attached hydrogens (primary N) is 1. The number of carbonyl (C=O) groups excluding carboxylic acids is 1. The Bertz CT molecular complexity index is 1550. The molecule has 0 radical (unpaired) electrons. The lowest BCUT2D eigenvalue weighted by molar-refractivity contribution is -0.0484. The fraction of sp³-hybridized carbons (Fsp3) is 0.406. The number of ether oxygens (including phenoxy) is 1. The monoisotopic (exact) mass is 593 g/mol. The molecule has 2 fully saturated rings. The van der Waals surface area contributed by atoms with E-state index in [2.05, 4.69) is 34.7 Å². The van der Waals surface area contributed by atoms with Gasteiger partial charge in [-0.25, -0.2) is 23.1 Å². The van der Waals surface area contributed by atoms with Gasteiger partial charge in [-0.15, -0.1) is 12.4 Å². The van der Waals surface area contributed by atoms with Crippen LogP contribution in [0.15, 0.2) is 67.0 Å². The fourth-order valence-electron chi connectivity index (χ4n) is 6.57. The first-order chi connectivity index (χ1) is 19.9. The lowest BCUT2D eigenvalue weighted by atomic mass is 9.81. The maximum absolute atomic E-state index is 13.6. The van der Waals surface area contributed by atoms with E-state index in [9.17, 15) is 13.6 Å². The molecule has 42 heavy (non-hydrogen) atoms. The minimum atomic E-state index is -2.59. The molecule has 2 heterocycles. The minimum Gasteiger partial charge on any atom is -0.449 e. The zero-order valence-corrected chi connectivity index (χ0v) is 23.9. The van der Waals surface area contributed by atoms with Crippen molar-refractivity contribution in [1.82, 2.24) is 19.9 Å². The van der Waals surface area contributed by atoms with Crippen LogP contribution >= 0.6 is 12.4 Å². The van der Waals surface area contributed by atoms with Gasteiger partial charge in [-0.05, 0) is 71.4 Å². The normalized spacial score (nSPS) is 19.4. The van der Waals surface area contributed by atoms with Crippen molar-refractivity contribution < 1.29 is 18.3 Å². The second kappa shape index (κ2) is 11.3. The molecule has 4 aromatic rings. The van der Waals surface area contributed by atoms with Crippen molar-refractivity contribution in [2.75, 3.05) is 6.61 Å². The van der Waals surface area contributed by atoms with Gasteiger partial charge in [-0.2, -0.15) is 5.10 Å². The van der Waals surface area contributed by atoms with Crippen LogP contribution in [0, 0.1) is 11.8 Å². The molecule has 10 heteroatoms. The highest BCUT2D eigenvalue weighted by Gasteiger charge is 2.38. The third kappa shape index (κ3) is 5.47. The molecule has 220 valence electrons. The van der Waals surface area contributed by atoms with Gasteiger partial charge in [0.2, 0.25) is 5.92 Å². The van der Waals surface area contributed by atoms with Crippen molar-refractivity contribution in [2.24, 2.45) is 17.6 Å². The highest BCUT2D eigenvalue weighted by atomic mass is 35.5. The van der Waals surface area contributed by atoms with Crippen LogP contribution in [0.3, 0.4) is 0 Å². The lowest BCUT2D eigenvalue weighted by Gasteiger charge is -2.31. The first-order valence-corrected chi connectivity index (χ1v) is 14.5. The molecule has 0 unspecified atom stereocenters. The predicted octanol–water partition coefficient (Wildman–Crippen LogP) is 6.97. The number of nitrogens with one attached hydrogen (secondary N) is 1. The number of alkyl carbamates (subject to hydrolysis) is 1. The van der Waals surface area contributed by atoms with Crippen molar-refractivity contribution in [3.63, 3.8) is 0 Å². The van der Waals surface area contributed by atoms with Gasteiger partial charge in [-0.3, -0.25) is 0 Å². The average molecular weight is 594 g/mol. The second-order valence-electron chi connectivity index (χ2n) is 11.8. The molecule has 3 aliphatic rings. The van der Waals surface area contributed by atoms with Crippen LogP contribution in [0.1, 0.15) is 78.9 Å². The van der Waals surface area contributed by atoms with Gasteiger partial charge in [0.25, 0.3) is 0 Å². The van der Waals surface area contributed by atoms with E-state index in [1.54, 1.807) is 16.9 Å². The third-order valence-corrected chi connectivity index (χ3v) is 9.04. The zero-order chi connectivity index (χ0) is 28.1. The lowest BCUT2D eigenvalue weighted by Crippen LogP contribution is -2.31. The number of hydrogen-bond donors (Lipinski definition) is 2. The maximum atomic E-state index is 13.6. The highest BCUT2D eigenvalue weighted by molar-refractivity contribution is 5.85. The molecule has 3 aliphatic carbocycles. The van der Waals surface area contributed by atoms with Crippen molar-refractivity contribution in [1.29, 1.82) is 0 Å². The van der Waals surface area contributed by atoms with Crippen LogP contribution in [-0.2, 0) is 4.74 Å². The fourth-order valence-corrected chi connectivity index (χ4v) is 6.57. The van der Waals surface area contributed by atoms with Gasteiger partial charge in [0.15, 0.2) is 5.65 Å². The number of rotatable bonds is 7. The van der Waals surface area contributed by atoms with E-state index in [0.717, 1.165) is 18.4 Å². The number of aromatic nitrogens is 3. The van der Waals surface area contributed by atoms with E-state index < -0.39 is 18.1 Å². The highest BCUT2D eigenvalue weighted by Crippen LogP contribution is 2.45. The number of halogens is 3. The Morgan fingerprint density at radius 2 is 1.67 bits per heavy atom. The van der Waals surface area contributed by atoms with Crippen molar-refractivity contribution in [3.8, 4) is 11.1 Å². The van der Waals surface area contributed by atoms with Gasteiger partial charge >= 0.3 is 6.09 Å². The molecular formula is C32H34ClF2N5O2. The average Bonchev–Trinajstić information content (AvgIpc) is 3.65. The molecule has 2 saturated carbocycles. The first kappa shape index (κ1) is 28.6. The summed E-state index contributed by atoms with van der Waals surface area (Å²) in [6, 6.07) is 17.8. The Labute approximate surface area is 249 Å². The van der Waals surface area contributed by atoms with Crippen LogP contribution in [-0.4, -0.2) is 33.2 Å². The summed E-state index contributed by atoms with van der Waals surface area (Å²) in [7, 11) is 0. The molecular weight excluding hydrogens is 560 g/mol. The molecule has 0 aliphatic heterocycles. The summed E-state index contributed by atoms with van der Waals surface area (Å²) in [5.41, 5.74) is 13.3. The Morgan fingerprint density at radius 3 is 2.31 bits per heavy atom. The van der Waals surface area contributed by atoms with E-state index in [1.165, 1.54) is 22.3 Å². The summed E-state index contributed by atoms with van der Waals surface area (Å²) in [4.78, 5) is 17.8. The van der Waals surface area contributed by atoms with Crippen LogP contribution < -0.4 is 11.1 Å². The van der Waals surface area contributed by atoms with E-state index in [-0.39, 0.29) is 49.7 Å². The smallest absolute Gasteiger partial charge is 0.407 e. The largest absolute Gasteiger partial charge is 0.449 e.